The van der Waals surface area contributed by atoms with E-state index in [0.29, 0.717) is 5.69 Å². The molecule has 0 bridgehead atoms. The van der Waals surface area contributed by atoms with Crippen molar-refractivity contribution in [3.05, 3.63) is 64.5 Å². The summed E-state index contributed by atoms with van der Waals surface area (Å²) < 4.78 is 0. The maximum absolute atomic E-state index is 12.7. The quantitative estimate of drug-likeness (QED) is 0.671. The minimum atomic E-state index is 0.0618. The minimum Gasteiger partial charge on any atom is -0.335 e. The summed E-state index contributed by atoms with van der Waals surface area (Å²) >= 11 is 3.20. The first-order valence-corrected chi connectivity index (χ1v) is 10.6. The Hall–Kier alpha value is -2.02. The van der Waals surface area contributed by atoms with Crippen LogP contribution in [0.15, 0.2) is 53.2 Å². The van der Waals surface area contributed by atoms with Gasteiger partial charge in [0.25, 0.3) is 5.91 Å². The lowest BCUT2D eigenvalue weighted by molar-refractivity contribution is 0.0633. The van der Waals surface area contributed by atoms with Crippen LogP contribution in [0.2, 0.25) is 0 Å². The van der Waals surface area contributed by atoms with Crippen molar-refractivity contribution in [1.82, 2.24) is 14.8 Å². The SMILES string of the molecule is O=C(c1csc(-c2cccs2)n1)N1CCN(CCc2ccccc2)CC1. The molecule has 3 aromatic rings. The molecular weight excluding hydrogens is 362 g/mol. The van der Waals surface area contributed by atoms with Crippen molar-refractivity contribution in [2.75, 3.05) is 32.7 Å². The van der Waals surface area contributed by atoms with Gasteiger partial charge in [0.2, 0.25) is 0 Å². The third kappa shape index (κ3) is 4.03. The predicted molar refractivity (Wildman–Crippen MR) is 108 cm³/mol. The second-order valence-electron chi connectivity index (χ2n) is 6.38. The second kappa shape index (κ2) is 8.12. The van der Waals surface area contributed by atoms with Crippen LogP contribution in [0, 0.1) is 0 Å². The Balaban J connectivity index is 1.29. The Labute approximate surface area is 161 Å². The summed E-state index contributed by atoms with van der Waals surface area (Å²) in [5.74, 6) is 0.0618. The molecule has 0 unspecified atom stereocenters. The molecule has 1 amide bonds. The van der Waals surface area contributed by atoms with Gasteiger partial charge in [-0.3, -0.25) is 9.69 Å². The van der Waals surface area contributed by atoms with Gasteiger partial charge in [-0.05, 0) is 23.4 Å². The summed E-state index contributed by atoms with van der Waals surface area (Å²) in [6.07, 6.45) is 1.06. The molecule has 4 nitrogen and oxygen atoms in total. The van der Waals surface area contributed by atoms with E-state index in [4.69, 9.17) is 0 Å². The number of hydrogen-bond donors (Lipinski definition) is 0. The van der Waals surface area contributed by atoms with Crippen LogP contribution < -0.4 is 0 Å². The molecule has 0 N–H and O–H groups in total. The highest BCUT2D eigenvalue weighted by molar-refractivity contribution is 7.20. The van der Waals surface area contributed by atoms with Gasteiger partial charge in [0.1, 0.15) is 10.7 Å². The van der Waals surface area contributed by atoms with Crippen molar-refractivity contribution in [1.29, 1.82) is 0 Å². The third-order valence-corrected chi connectivity index (χ3v) is 6.56. The molecule has 3 heterocycles. The van der Waals surface area contributed by atoms with E-state index in [2.05, 4.69) is 40.2 Å². The lowest BCUT2D eigenvalue weighted by Crippen LogP contribution is -2.49. The van der Waals surface area contributed by atoms with Gasteiger partial charge >= 0.3 is 0 Å². The van der Waals surface area contributed by atoms with E-state index in [1.165, 1.54) is 5.56 Å². The van der Waals surface area contributed by atoms with Crippen LogP contribution >= 0.6 is 22.7 Å². The standard InChI is InChI=1S/C20H21N3OS2/c24-20(17-15-26-19(21-17)18-7-4-14-25-18)23-12-10-22(11-13-23)9-8-16-5-2-1-3-6-16/h1-7,14-15H,8-13H2. The Kier molecular flexibility index (Phi) is 5.43. The zero-order valence-electron chi connectivity index (χ0n) is 14.5. The molecule has 4 rings (SSSR count). The maximum Gasteiger partial charge on any atom is 0.273 e. The molecule has 134 valence electrons. The molecule has 0 spiro atoms. The number of carbonyl (C=O) groups excluding carboxylic acids is 1. The maximum atomic E-state index is 12.7. The van der Waals surface area contributed by atoms with Gasteiger partial charge in [-0.1, -0.05) is 36.4 Å². The van der Waals surface area contributed by atoms with Gasteiger partial charge in [-0.2, -0.15) is 0 Å². The molecule has 6 heteroatoms. The fourth-order valence-electron chi connectivity index (χ4n) is 3.15. The lowest BCUT2D eigenvalue weighted by Gasteiger charge is -2.34. The largest absolute Gasteiger partial charge is 0.335 e. The third-order valence-electron chi connectivity index (χ3n) is 4.67. The number of thiazole rings is 1. The van der Waals surface area contributed by atoms with Crippen LogP contribution in [0.5, 0.6) is 0 Å². The van der Waals surface area contributed by atoms with Crippen molar-refractivity contribution in [3.8, 4) is 9.88 Å². The van der Waals surface area contributed by atoms with Crippen molar-refractivity contribution < 1.29 is 4.79 Å². The van der Waals surface area contributed by atoms with Gasteiger partial charge in [0.05, 0.1) is 4.88 Å². The predicted octanol–water partition coefficient (Wildman–Crippen LogP) is 3.87. The number of carbonyl (C=O) groups is 1. The molecule has 0 atom stereocenters. The minimum absolute atomic E-state index is 0.0618. The number of benzene rings is 1. The highest BCUT2D eigenvalue weighted by Crippen LogP contribution is 2.28. The van der Waals surface area contributed by atoms with Crippen LogP contribution in [0.1, 0.15) is 16.1 Å². The van der Waals surface area contributed by atoms with Gasteiger partial charge < -0.3 is 4.90 Å². The first-order chi connectivity index (χ1) is 12.8. The average molecular weight is 384 g/mol. The Bertz CT molecular complexity index is 837. The molecule has 1 saturated heterocycles. The number of thiophene rings is 1. The second-order valence-corrected chi connectivity index (χ2v) is 8.19. The fraction of sp³-hybridized carbons (Fsp3) is 0.300. The summed E-state index contributed by atoms with van der Waals surface area (Å²) in [5, 5.41) is 4.86. The fourth-order valence-corrected chi connectivity index (χ4v) is 4.76. The van der Waals surface area contributed by atoms with Crippen molar-refractivity contribution in [2.45, 2.75) is 6.42 Å². The summed E-state index contributed by atoms with van der Waals surface area (Å²) in [5.41, 5.74) is 1.95. The van der Waals surface area contributed by atoms with Crippen molar-refractivity contribution in [2.24, 2.45) is 0 Å². The average Bonchev–Trinajstić information content (AvgIpc) is 3.38. The van der Waals surface area contributed by atoms with Crippen LogP contribution in [-0.2, 0) is 6.42 Å². The highest BCUT2D eigenvalue weighted by atomic mass is 32.1. The van der Waals surface area contributed by atoms with E-state index in [1.54, 1.807) is 22.7 Å². The first-order valence-electron chi connectivity index (χ1n) is 8.84. The van der Waals surface area contributed by atoms with Crippen LogP contribution in [0.25, 0.3) is 9.88 Å². The monoisotopic (exact) mass is 383 g/mol. The molecule has 0 saturated carbocycles. The van der Waals surface area contributed by atoms with Gasteiger partial charge in [-0.15, -0.1) is 22.7 Å². The Morgan fingerprint density at radius 3 is 2.54 bits per heavy atom. The molecule has 1 fully saturated rings. The van der Waals surface area contributed by atoms with E-state index in [-0.39, 0.29) is 5.91 Å². The van der Waals surface area contributed by atoms with E-state index < -0.39 is 0 Å². The van der Waals surface area contributed by atoms with Gasteiger partial charge in [-0.25, -0.2) is 4.98 Å². The molecule has 1 aliphatic rings. The first kappa shape index (κ1) is 17.4. The number of aromatic nitrogens is 1. The Morgan fingerprint density at radius 1 is 1.00 bits per heavy atom. The topological polar surface area (TPSA) is 36.4 Å². The van der Waals surface area contributed by atoms with E-state index in [1.807, 2.05) is 27.8 Å². The normalized spacial score (nSPS) is 15.3. The summed E-state index contributed by atoms with van der Waals surface area (Å²) in [7, 11) is 0. The van der Waals surface area contributed by atoms with E-state index in [9.17, 15) is 4.79 Å². The zero-order valence-corrected chi connectivity index (χ0v) is 16.1. The van der Waals surface area contributed by atoms with Crippen LogP contribution in [0.3, 0.4) is 0 Å². The Morgan fingerprint density at radius 2 is 1.81 bits per heavy atom. The number of piperazine rings is 1. The number of rotatable bonds is 5. The van der Waals surface area contributed by atoms with Gasteiger partial charge in [0, 0.05) is 38.1 Å². The van der Waals surface area contributed by atoms with Crippen LogP contribution in [0.4, 0.5) is 0 Å². The lowest BCUT2D eigenvalue weighted by atomic mass is 10.1. The molecule has 1 aromatic carbocycles. The molecule has 0 aliphatic carbocycles. The smallest absolute Gasteiger partial charge is 0.273 e. The zero-order chi connectivity index (χ0) is 17.8. The van der Waals surface area contributed by atoms with Crippen molar-refractivity contribution >= 4 is 28.6 Å². The number of hydrogen-bond acceptors (Lipinski definition) is 5. The highest BCUT2D eigenvalue weighted by Gasteiger charge is 2.24. The molecule has 26 heavy (non-hydrogen) atoms. The van der Waals surface area contributed by atoms with E-state index in [0.717, 1.165) is 49.0 Å². The van der Waals surface area contributed by atoms with Gasteiger partial charge in [0.15, 0.2) is 0 Å². The molecular formula is C20H21N3OS2. The number of amides is 1. The summed E-state index contributed by atoms with van der Waals surface area (Å²) in [4.78, 5) is 22.8. The molecule has 2 aromatic heterocycles. The molecule has 1 aliphatic heterocycles. The number of nitrogens with zero attached hydrogens (tertiary/aromatic N) is 3. The van der Waals surface area contributed by atoms with E-state index >= 15 is 0 Å². The summed E-state index contributed by atoms with van der Waals surface area (Å²) in [6.45, 7) is 4.46. The van der Waals surface area contributed by atoms with Crippen LogP contribution in [-0.4, -0.2) is 53.4 Å². The summed E-state index contributed by atoms with van der Waals surface area (Å²) in [6, 6.07) is 14.6. The molecule has 0 radical (unpaired) electrons. The van der Waals surface area contributed by atoms with Crippen molar-refractivity contribution in [3.63, 3.8) is 0 Å².